The van der Waals surface area contributed by atoms with E-state index in [4.69, 9.17) is 11.0 Å². The number of nitrogens with one attached hydrogen (secondary N) is 1. The fraction of sp³-hybridized carbons (Fsp3) is 0.333. The molecule has 0 aromatic heterocycles. The van der Waals surface area contributed by atoms with Gasteiger partial charge in [0.2, 0.25) is 5.91 Å². The third kappa shape index (κ3) is 2.20. The topological polar surface area (TPSA) is 78.9 Å². The number of nitrogens with two attached hydrogens (primary N) is 1. The summed E-state index contributed by atoms with van der Waals surface area (Å²) >= 11 is 0. The minimum Gasteiger partial charge on any atom is -0.368 e. The first-order valence-electron chi connectivity index (χ1n) is 5.26. The molecular weight excluding hydrogens is 202 g/mol. The molecular formula is C12H13N3O. The van der Waals surface area contributed by atoms with Crippen LogP contribution in [0.4, 0.5) is 0 Å². The number of carbonyl (C=O) groups is 1. The molecule has 0 bridgehead atoms. The van der Waals surface area contributed by atoms with E-state index in [-0.39, 0.29) is 0 Å². The maximum absolute atomic E-state index is 11.4. The Morgan fingerprint density at radius 2 is 2.19 bits per heavy atom. The Labute approximate surface area is 94.1 Å². The Hall–Kier alpha value is -1.86. The van der Waals surface area contributed by atoms with Crippen LogP contribution in [0.1, 0.15) is 30.0 Å². The Morgan fingerprint density at radius 3 is 2.75 bits per heavy atom. The molecule has 4 nitrogen and oxygen atoms in total. The van der Waals surface area contributed by atoms with E-state index in [1.54, 1.807) is 24.3 Å². The molecule has 2 rings (SSSR count). The summed E-state index contributed by atoms with van der Waals surface area (Å²) < 4.78 is 0. The first-order chi connectivity index (χ1) is 7.72. The van der Waals surface area contributed by atoms with E-state index >= 15 is 0 Å². The van der Waals surface area contributed by atoms with E-state index in [1.165, 1.54) is 0 Å². The number of hydrogen-bond donors (Lipinski definition) is 2. The Kier molecular flexibility index (Phi) is 2.88. The fourth-order valence-corrected chi connectivity index (χ4v) is 1.66. The second kappa shape index (κ2) is 4.33. The molecule has 1 atom stereocenters. The van der Waals surface area contributed by atoms with Crippen LogP contribution in [0.3, 0.4) is 0 Å². The average molecular weight is 215 g/mol. The van der Waals surface area contributed by atoms with E-state index in [0.717, 1.165) is 12.8 Å². The summed E-state index contributed by atoms with van der Waals surface area (Å²) in [5.74, 6) is -0.436. The zero-order valence-corrected chi connectivity index (χ0v) is 8.81. The van der Waals surface area contributed by atoms with Gasteiger partial charge in [0.1, 0.15) is 6.04 Å². The van der Waals surface area contributed by atoms with E-state index < -0.39 is 11.9 Å². The van der Waals surface area contributed by atoms with Crippen molar-refractivity contribution in [2.45, 2.75) is 24.9 Å². The lowest BCUT2D eigenvalue weighted by Gasteiger charge is -2.16. The SMILES string of the molecule is N#Cc1ccccc1C(NC1CC1)C(N)=O. The molecule has 1 aromatic carbocycles. The largest absolute Gasteiger partial charge is 0.368 e. The van der Waals surface area contributed by atoms with Crippen LogP contribution in [-0.4, -0.2) is 11.9 Å². The molecule has 1 aromatic rings. The quantitative estimate of drug-likeness (QED) is 0.781. The van der Waals surface area contributed by atoms with E-state index in [0.29, 0.717) is 17.2 Å². The van der Waals surface area contributed by atoms with Gasteiger partial charge in [0, 0.05) is 6.04 Å². The molecule has 1 amide bonds. The number of nitrogens with zero attached hydrogens (tertiary/aromatic N) is 1. The molecule has 1 aliphatic carbocycles. The molecule has 0 spiro atoms. The number of benzene rings is 1. The Bertz CT molecular complexity index is 446. The number of carbonyl (C=O) groups excluding carboxylic acids is 1. The Morgan fingerprint density at radius 1 is 1.50 bits per heavy atom. The molecule has 1 fully saturated rings. The van der Waals surface area contributed by atoms with E-state index in [2.05, 4.69) is 11.4 Å². The van der Waals surface area contributed by atoms with Crippen LogP contribution in [0, 0.1) is 11.3 Å². The molecule has 4 heteroatoms. The van der Waals surface area contributed by atoms with Gasteiger partial charge in [0.25, 0.3) is 0 Å². The zero-order valence-electron chi connectivity index (χ0n) is 8.81. The highest BCUT2D eigenvalue weighted by Crippen LogP contribution is 2.25. The van der Waals surface area contributed by atoms with Gasteiger partial charge < -0.3 is 5.73 Å². The molecule has 0 aliphatic heterocycles. The van der Waals surface area contributed by atoms with Crippen molar-refractivity contribution in [1.82, 2.24) is 5.32 Å². The highest BCUT2D eigenvalue weighted by atomic mass is 16.1. The number of nitriles is 1. The molecule has 16 heavy (non-hydrogen) atoms. The van der Waals surface area contributed by atoms with Gasteiger partial charge in [0.15, 0.2) is 0 Å². The highest BCUT2D eigenvalue weighted by Gasteiger charge is 2.29. The van der Waals surface area contributed by atoms with Crippen LogP contribution >= 0.6 is 0 Å². The van der Waals surface area contributed by atoms with Crippen molar-refractivity contribution in [1.29, 1.82) is 5.26 Å². The molecule has 3 N–H and O–H groups in total. The molecule has 82 valence electrons. The van der Waals surface area contributed by atoms with Gasteiger partial charge in [-0.05, 0) is 24.5 Å². The van der Waals surface area contributed by atoms with Crippen molar-refractivity contribution in [3.05, 3.63) is 35.4 Å². The monoisotopic (exact) mass is 215 g/mol. The number of hydrogen-bond acceptors (Lipinski definition) is 3. The molecule has 0 heterocycles. The van der Waals surface area contributed by atoms with Crippen LogP contribution in [0.25, 0.3) is 0 Å². The van der Waals surface area contributed by atoms with Gasteiger partial charge in [0.05, 0.1) is 11.6 Å². The number of rotatable bonds is 4. The van der Waals surface area contributed by atoms with Gasteiger partial charge in [-0.2, -0.15) is 5.26 Å². The van der Waals surface area contributed by atoms with Crippen LogP contribution in [0.5, 0.6) is 0 Å². The molecule has 1 unspecified atom stereocenters. The summed E-state index contributed by atoms with van der Waals surface area (Å²) in [5, 5.41) is 12.1. The zero-order chi connectivity index (χ0) is 11.5. The van der Waals surface area contributed by atoms with Crippen molar-refractivity contribution in [2.24, 2.45) is 5.73 Å². The predicted octanol–water partition coefficient (Wildman–Crippen LogP) is 0.837. The molecule has 1 saturated carbocycles. The smallest absolute Gasteiger partial charge is 0.239 e. The van der Waals surface area contributed by atoms with Gasteiger partial charge in [-0.25, -0.2) is 0 Å². The highest BCUT2D eigenvalue weighted by molar-refractivity contribution is 5.82. The van der Waals surface area contributed by atoms with Crippen molar-refractivity contribution in [3.63, 3.8) is 0 Å². The molecule has 0 radical (unpaired) electrons. The minimum atomic E-state index is -0.552. The number of primary amides is 1. The van der Waals surface area contributed by atoms with Gasteiger partial charge in [-0.1, -0.05) is 18.2 Å². The average Bonchev–Trinajstić information content (AvgIpc) is 3.09. The predicted molar refractivity (Wildman–Crippen MR) is 59.3 cm³/mol. The maximum atomic E-state index is 11.4. The lowest BCUT2D eigenvalue weighted by atomic mass is 10.0. The van der Waals surface area contributed by atoms with Crippen LogP contribution < -0.4 is 11.1 Å². The van der Waals surface area contributed by atoms with E-state index in [1.807, 2.05) is 0 Å². The summed E-state index contributed by atoms with van der Waals surface area (Å²) in [6, 6.07) is 8.93. The maximum Gasteiger partial charge on any atom is 0.239 e. The Balaban J connectivity index is 2.30. The van der Waals surface area contributed by atoms with Crippen LogP contribution in [0.2, 0.25) is 0 Å². The van der Waals surface area contributed by atoms with E-state index in [9.17, 15) is 4.79 Å². The standard InChI is InChI=1S/C12H13N3O/c13-7-8-3-1-2-4-10(8)11(12(14)16)15-9-5-6-9/h1-4,9,11,15H,5-6H2,(H2,14,16). The second-order valence-corrected chi connectivity index (χ2v) is 3.98. The molecule has 0 saturated heterocycles. The van der Waals surface area contributed by atoms with Gasteiger partial charge >= 0.3 is 0 Å². The first-order valence-corrected chi connectivity index (χ1v) is 5.26. The van der Waals surface area contributed by atoms with Crippen molar-refractivity contribution in [2.75, 3.05) is 0 Å². The second-order valence-electron chi connectivity index (χ2n) is 3.98. The van der Waals surface area contributed by atoms with Crippen molar-refractivity contribution in [3.8, 4) is 6.07 Å². The summed E-state index contributed by atoms with van der Waals surface area (Å²) in [6.07, 6.45) is 2.14. The first kappa shape index (κ1) is 10.7. The summed E-state index contributed by atoms with van der Waals surface area (Å²) in [4.78, 5) is 11.4. The third-order valence-corrected chi connectivity index (χ3v) is 2.66. The summed E-state index contributed by atoms with van der Waals surface area (Å²) in [7, 11) is 0. The minimum absolute atomic E-state index is 0.365. The third-order valence-electron chi connectivity index (χ3n) is 2.66. The van der Waals surface area contributed by atoms with Gasteiger partial charge in [-0.3, -0.25) is 10.1 Å². The van der Waals surface area contributed by atoms with Crippen molar-refractivity contribution >= 4 is 5.91 Å². The number of amides is 1. The summed E-state index contributed by atoms with van der Waals surface area (Å²) in [6.45, 7) is 0. The summed E-state index contributed by atoms with van der Waals surface area (Å²) in [5.41, 5.74) is 6.53. The normalized spacial score (nSPS) is 16.4. The van der Waals surface area contributed by atoms with Crippen LogP contribution in [0.15, 0.2) is 24.3 Å². The van der Waals surface area contributed by atoms with Crippen LogP contribution in [-0.2, 0) is 4.79 Å². The lowest BCUT2D eigenvalue weighted by Crippen LogP contribution is -2.35. The fourth-order valence-electron chi connectivity index (χ4n) is 1.66. The molecule has 1 aliphatic rings. The van der Waals surface area contributed by atoms with Crippen molar-refractivity contribution < 1.29 is 4.79 Å². The van der Waals surface area contributed by atoms with Gasteiger partial charge in [-0.15, -0.1) is 0 Å². The lowest BCUT2D eigenvalue weighted by molar-refractivity contribution is -0.120.